The molecule has 232 valence electrons. The first-order chi connectivity index (χ1) is 20.3. The first kappa shape index (κ1) is 30.3. The Hall–Kier alpha value is -4.17. The van der Waals surface area contributed by atoms with E-state index < -0.39 is 78.3 Å². The van der Waals surface area contributed by atoms with Crippen molar-refractivity contribution in [1.29, 1.82) is 0 Å². The molecule has 0 unspecified atom stereocenters. The number of esters is 2. The average molecular weight is 603 g/mol. The SMILES string of the molecule is COc1ccc2c3c1O[C@@H]1C(OC(=O)CCC(=O)O[C@@H](C)C(=O)N[C@@H](CC(=O)O)C(=O)O)=CC[C@]4(O)[C@H](C2)N(C)CC[C@@]314. The monoisotopic (exact) mass is 602 g/mol. The molecule has 1 aromatic carbocycles. The lowest BCUT2D eigenvalue weighted by Gasteiger charge is -2.61. The Balaban J connectivity index is 1.24. The van der Waals surface area contributed by atoms with Crippen LogP contribution in [0.15, 0.2) is 24.0 Å². The lowest BCUT2D eigenvalue weighted by atomic mass is 9.50. The quantitative estimate of drug-likeness (QED) is 0.252. The van der Waals surface area contributed by atoms with Crippen molar-refractivity contribution >= 4 is 29.8 Å². The third-order valence-electron chi connectivity index (χ3n) is 8.99. The molecule has 1 fully saturated rings. The van der Waals surface area contributed by atoms with Crippen LogP contribution in [0.25, 0.3) is 0 Å². The average Bonchev–Trinajstić information content (AvgIpc) is 3.30. The molecular weight excluding hydrogens is 568 g/mol. The largest absolute Gasteiger partial charge is 0.493 e. The molecule has 2 aliphatic heterocycles. The molecule has 14 nitrogen and oxygen atoms in total. The van der Waals surface area contributed by atoms with Crippen LogP contribution in [0.2, 0.25) is 0 Å². The number of rotatable bonds is 11. The summed E-state index contributed by atoms with van der Waals surface area (Å²) in [6, 6.07) is 1.95. The van der Waals surface area contributed by atoms with Gasteiger partial charge >= 0.3 is 23.9 Å². The summed E-state index contributed by atoms with van der Waals surface area (Å²) < 4.78 is 22.7. The highest BCUT2D eigenvalue weighted by Gasteiger charge is 2.72. The highest BCUT2D eigenvalue weighted by molar-refractivity contribution is 5.90. The lowest BCUT2D eigenvalue weighted by molar-refractivity contribution is -0.169. The second kappa shape index (κ2) is 11.2. The maximum Gasteiger partial charge on any atom is 0.326 e. The predicted octanol–water partition coefficient (Wildman–Crippen LogP) is 0.272. The number of benzene rings is 1. The van der Waals surface area contributed by atoms with Crippen LogP contribution in [-0.2, 0) is 45.3 Å². The van der Waals surface area contributed by atoms with Gasteiger partial charge in [-0.25, -0.2) is 4.79 Å². The Morgan fingerprint density at radius 1 is 1.16 bits per heavy atom. The zero-order chi connectivity index (χ0) is 31.3. The van der Waals surface area contributed by atoms with Crippen LogP contribution in [0, 0.1) is 0 Å². The first-order valence-corrected chi connectivity index (χ1v) is 14.0. The normalized spacial score (nSPS) is 27.9. The van der Waals surface area contributed by atoms with Crippen molar-refractivity contribution in [3.05, 3.63) is 35.1 Å². The molecule has 4 aliphatic rings. The fraction of sp³-hybridized carbons (Fsp3) is 0.552. The third kappa shape index (κ3) is 4.97. The van der Waals surface area contributed by atoms with E-state index in [0.29, 0.717) is 30.9 Å². The number of ether oxygens (including phenoxy) is 4. The number of carboxylic acid groups (broad SMARTS) is 2. The zero-order valence-corrected chi connectivity index (χ0v) is 24.0. The standard InChI is InChI=1S/C29H34N2O12/c1-14(26(36)30-16(27(37)38)13-20(32)33)41-21(34)6-7-22(35)42-18-8-9-29(39)19-12-15-4-5-17(40-3)24-23(15)28(29,25(18)43-24)10-11-31(19)2/h4-5,8,14,16,19,25,39H,6-7,9-13H2,1-3H3,(H,30,36)(H,32,33)(H,37,38)/t14-,16-,19-,25+,28+,29-/m0/s1. The topological polar surface area (TPSA) is 198 Å². The number of nitrogens with zero attached hydrogens (tertiary/aromatic N) is 1. The highest BCUT2D eigenvalue weighted by Crippen LogP contribution is 2.65. The number of piperidine rings is 1. The van der Waals surface area contributed by atoms with Crippen LogP contribution in [0.3, 0.4) is 0 Å². The summed E-state index contributed by atoms with van der Waals surface area (Å²) >= 11 is 0. The van der Waals surface area contributed by atoms with Gasteiger partial charge in [-0.15, -0.1) is 0 Å². The zero-order valence-electron chi connectivity index (χ0n) is 24.0. The van der Waals surface area contributed by atoms with Crippen LogP contribution >= 0.6 is 0 Å². The van der Waals surface area contributed by atoms with Gasteiger partial charge in [0.25, 0.3) is 5.91 Å². The number of carboxylic acids is 2. The molecule has 14 heteroatoms. The molecule has 1 spiro atoms. The molecule has 5 rings (SSSR count). The van der Waals surface area contributed by atoms with Crippen molar-refractivity contribution in [3.63, 3.8) is 0 Å². The van der Waals surface area contributed by atoms with E-state index in [2.05, 4.69) is 4.90 Å². The van der Waals surface area contributed by atoms with Crippen LogP contribution in [-0.4, -0.2) is 101 Å². The number of carbonyl (C=O) groups excluding carboxylic acids is 3. The van der Waals surface area contributed by atoms with Gasteiger partial charge in [0.05, 0.1) is 37.4 Å². The Morgan fingerprint density at radius 2 is 1.88 bits per heavy atom. The highest BCUT2D eigenvalue weighted by atomic mass is 16.6. The minimum atomic E-state index is -1.70. The van der Waals surface area contributed by atoms with E-state index in [-0.39, 0.29) is 18.2 Å². The van der Waals surface area contributed by atoms with E-state index in [4.69, 9.17) is 29.2 Å². The molecule has 0 radical (unpaired) electrons. The third-order valence-corrected chi connectivity index (χ3v) is 8.99. The molecule has 6 atom stereocenters. The number of amides is 1. The molecular formula is C29H34N2O12. The maximum absolute atomic E-state index is 12.9. The number of aliphatic carboxylic acids is 2. The molecule has 0 aromatic heterocycles. The van der Waals surface area contributed by atoms with Gasteiger partial charge in [-0.3, -0.25) is 19.2 Å². The van der Waals surface area contributed by atoms with Gasteiger partial charge in [0, 0.05) is 18.0 Å². The fourth-order valence-corrected chi connectivity index (χ4v) is 6.95. The number of hydrogen-bond acceptors (Lipinski definition) is 11. The minimum absolute atomic E-state index is 0.170. The molecule has 1 amide bonds. The van der Waals surface area contributed by atoms with E-state index >= 15 is 0 Å². The first-order valence-electron chi connectivity index (χ1n) is 14.0. The van der Waals surface area contributed by atoms with Gasteiger partial charge in [-0.2, -0.15) is 0 Å². The molecule has 2 aliphatic carbocycles. The minimum Gasteiger partial charge on any atom is -0.493 e. The van der Waals surface area contributed by atoms with Crippen LogP contribution in [0.5, 0.6) is 11.5 Å². The number of nitrogens with one attached hydrogen (secondary N) is 1. The van der Waals surface area contributed by atoms with E-state index in [1.165, 1.54) is 14.0 Å². The molecule has 2 bridgehead atoms. The smallest absolute Gasteiger partial charge is 0.326 e. The predicted molar refractivity (Wildman–Crippen MR) is 144 cm³/mol. The van der Waals surface area contributed by atoms with Gasteiger partial charge < -0.3 is 44.5 Å². The summed E-state index contributed by atoms with van der Waals surface area (Å²) in [6.07, 6.45) is -0.824. The van der Waals surface area contributed by atoms with Crippen LogP contribution < -0.4 is 14.8 Å². The number of methoxy groups -OCH3 is 1. The maximum atomic E-state index is 12.9. The Labute approximate surface area is 246 Å². The summed E-state index contributed by atoms with van der Waals surface area (Å²) in [5.74, 6) is -4.37. The van der Waals surface area contributed by atoms with E-state index in [0.717, 1.165) is 11.1 Å². The van der Waals surface area contributed by atoms with Crippen molar-refractivity contribution in [3.8, 4) is 11.5 Å². The van der Waals surface area contributed by atoms with Crippen molar-refractivity contribution in [1.82, 2.24) is 10.2 Å². The molecule has 0 saturated carbocycles. The molecule has 43 heavy (non-hydrogen) atoms. The number of likely N-dealkylation sites (tertiary alicyclic amines) is 1. The van der Waals surface area contributed by atoms with Gasteiger partial charge in [-0.1, -0.05) is 6.07 Å². The summed E-state index contributed by atoms with van der Waals surface area (Å²) in [5.41, 5.74) is -0.0989. The van der Waals surface area contributed by atoms with Crippen molar-refractivity contribution in [2.45, 2.75) is 80.8 Å². The van der Waals surface area contributed by atoms with Gasteiger partial charge in [0.1, 0.15) is 11.8 Å². The summed E-state index contributed by atoms with van der Waals surface area (Å²) in [6.45, 7) is 1.89. The van der Waals surface area contributed by atoms with Gasteiger partial charge in [-0.05, 0) is 51.1 Å². The molecule has 1 aromatic rings. The molecule has 2 heterocycles. The van der Waals surface area contributed by atoms with Crippen molar-refractivity contribution in [2.24, 2.45) is 0 Å². The van der Waals surface area contributed by atoms with Crippen LogP contribution in [0.4, 0.5) is 0 Å². The Morgan fingerprint density at radius 3 is 2.56 bits per heavy atom. The molecule has 4 N–H and O–H groups in total. The second-order valence-corrected chi connectivity index (χ2v) is 11.4. The van der Waals surface area contributed by atoms with Gasteiger partial charge in [0.15, 0.2) is 23.7 Å². The van der Waals surface area contributed by atoms with Crippen molar-refractivity contribution in [2.75, 3.05) is 20.7 Å². The fourth-order valence-electron chi connectivity index (χ4n) is 6.95. The van der Waals surface area contributed by atoms with Crippen LogP contribution in [0.1, 0.15) is 50.2 Å². The number of likely N-dealkylation sites (N-methyl/N-ethyl adjacent to an activating group) is 1. The number of aliphatic hydroxyl groups is 1. The summed E-state index contributed by atoms with van der Waals surface area (Å²) in [4.78, 5) is 61.6. The number of hydrogen-bond donors (Lipinski definition) is 4. The lowest BCUT2D eigenvalue weighted by Crippen LogP contribution is -2.74. The second-order valence-electron chi connectivity index (χ2n) is 11.4. The Kier molecular flexibility index (Phi) is 7.86. The van der Waals surface area contributed by atoms with E-state index in [9.17, 15) is 29.1 Å². The summed E-state index contributed by atoms with van der Waals surface area (Å²) in [5, 5.41) is 32.1. The van der Waals surface area contributed by atoms with E-state index in [1.807, 2.05) is 24.5 Å². The number of carbonyl (C=O) groups is 5. The van der Waals surface area contributed by atoms with E-state index in [1.54, 1.807) is 6.08 Å². The summed E-state index contributed by atoms with van der Waals surface area (Å²) in [7, 11) is 3.52. The Bertz CT molecular complexity index is 1410. The van der Waals surface area contributed by atoms with Crippen molar-refractivity contribution < 1.29 is 58.2 Å². The van der Waals surface area contributed by atoms with Gasteiger partial charge in [0.2, 0.25) is 0 Å². The molecule has 1 saturated heterocycles.